The molecule has 0 rings (SSSR count). The van der Waals surface area contributed by atoms with Crippen molar-refractivity contribution in [3.8, 4) is 0 Å². The second-order valence-corrected chi connectivity index (χ2v) is 6.34. The van der Waals surface area contributed by atoms with E-state index in [9.17, 15) is 4.79 Å². The SMILES string of the molecule is CCCCCCCCCCCCCCNC(=O)CCCC. The molecule has 0 spiro atoms. The zero-order chi connectivity index (χ0) is 15.6. The van der Waals surface area contributed by atoms with Gasteiger partial charge in [-0.15, -0.1) is 0 Å². The molecule has 1 N–H and O–H groups in total. The topological polar surface area (TPSA) is 29.1 Å². The highest BCUT2D eigenvalue weighted by molar-refractivity contribution is 5.75. The van der Waals surface area contributed by atoms with Crippen molar-refractivity contribution in [1.29, 1.82) is 0 Å². The lowest BCUT2D eigenvalue weighted by molar-refractivity contribution is -0.121. The molecule has 0 aromatic carbocycles. The first kappa shape index (κ1) is 20.5. The van der Waals surface area contributed by atoms with E-state index in [0.717, 1.165) is 25.8 Å². The number of hydrogen-bond donors (Lipinski definition) is 1. The second-order valence-electron chi connectivity index (χ2n) is 6.34. The third kappa shape index (κ3) is 17.4. The molecule has 0 aliphatic rings. The molecule has 0 fully saturated rings. The van der Waals surface area contributed by atoms with Crippen molar-refractivity contribution < 1.29 is 4.79 Å². The van der Waals surface area contributed by atoms with E-state index in [1.54, 1.807) is 0 Å². The first-order valence-corrected chi connectivity index (χ1v) is 9.58. The molecule has 0 saturated heterocycles. The van der Waals surface area contributed by atoms with Crippen molar-refractivity contribution in [2.45, 2.75) is 110 Å². The Morgan fingerprint density at radius 1 is 0.619 bits per heavy atom. The van der Waals surface area contributed by atoms with E-state index in [1.807, 2.05) is 0 Å². The van der Waals surface area contributed by atoms with Gasteiger partial charge in [-0.3, -0.25) is 4.79 Å². The van der Waals surface area contributed by atoms with Crippen LogP contribution in [0.2, 0.25) is 0 Å². The number of amides is 1. The van der Waals surface area contributed by atoms with Gasteiger partial charge in [-0.2, -0.15) is 0 Å². The third-order valence-electron chi connectivity index (χ3n) is 4.11. The summed E-state index contributed by atoms with van der Waals surface area (Å²) in [6, 6.07) is 0. The van der Waals surface area contributed by atoms with Crippen LogP contribution in [0.25, 0.3) is 0 Å². The van der Waals surface area contributed by atoms with E-state index in [-0.39, 0.29) is 5.91 Å². The normalized spacial score (nSPS) is 10.8. The van der Waals surface area contributed by atoms with Gasteiger partial charge in [0.15, 0.2) is 0 Å². The van der Waals surface area contributed by atoms with Gasteiger partial charge in [-0.1, -0.05) is 90.9 Å². The Hall–Kier alpha value is -0.530. The van der Waals surface area contributed by atoms with Gasteiger partial charge in [0.1, 0.15) is 0 Å². The van der Waals surface area contributed by atoms with Crippen LogP contribution in [0.3, 0.4) is 0 Å². The van der Waals surface area contributed by atoms with Gasteiger partial charge in [0.05, 0.1) is 0 Å². The molecule has 1 amide bonds. The van der Waals surface area contributed by atoms with Gasteiger partial charge in [0.2, 0.25) is 5.91 Å². The number of hydrogen-bond acceptors (Lipinski definition) is 1. The Labute approximate surface area is 133 Å². The van der Waals surface area contributed by atoms with Gasteiger partial charge in [-0.05, 0) is 12.8 Å². The summed E-state index contributed by atoms with van der Waals surface area (Å²) in [5, 5.41) is 3.01. The molecule has 0 heterocycles. The van der Waals surface area contributed by atoms with Crippen molar-refractivity contribution >= 4 is 5.91 Å². The molecule has 21 heavy (non-hydrogen) atoms. The molecular weight excluding hydrogens is 258 g/mol. The maximum absolute atomic E-state index is 11.4. The third-order valence-corrected chi connectivity index (χ3v) is 4.11. The zero-order valence-corrected chi connectivity index (χ0v) is 14.7. The zero-order valence-electron chi connectivity index (χ0n) is 14.7. The molecule has 0 saturated carbocycles. The molecule has 126 valence electrons. The second kappa shape index (κ2) is 17.5. The molecule has 0 aromatic rings. The standard InChI is InChI=1S/C19H39NO/c1-3-5-7-8-9-10-11-12-13-14-15-16-18-20-19(21)17-6-4-2/h3-18H2,1-2H3,(H,20,21). The maximum Gasteiger partial charge on any atom is 0.219 e. The summed E-state index contributed by atoms with van der Waals surface area (Å²) in [5.41, 5.74) is 0. The maximum atomic E-state index is 11.4. The molecule has 0 radical (unpaired) electrons. The van der Waals surface area contributed by atoms with Crippen molar-refractivity contribution in [2.75, 3.05) is 6.54 Å². The van der Waals surface area contributed by atoms with Crippen LogP contribution in [0.15, 0.2) is 0 Å². The summed E-state index contributed by atoms with van der Waals surface area (Å²) < 4.78 is 0. The van der Waals surface area contributed by atoms with Crippen molar-refractivity contribution in [3.63, 3.8) is 0 Å². The molecule has 0 aliphatic heterocycles. The van der Waals surface area contributed by atoms with Gasteiger partial charge in [0, 0.05) is 13.0 Å². The summed E-state index contributed by atoms with van der Waals surface area (Å²) in [6.07, 6.45) is 19.3. The highest BCUT2D eigenvalue weighted by Gasteiger charge is 1.98. The van der Waals surface area contributed by atoms with E-state index in [2.05, 4.69) is 19.2 Å². The van der Waals surface area contributed by atoms with Gasteiger partial charge in [-0.25, -0.2) is 0 Å². The van der Waals surface area contributed by atoms with Crippen LogP contribution < -0.4 is 5.32 Å². The number of rotatable bonds is 16. The minimum atomic E-state index is 0.236. The minimum absolute atomic E-state index is 0.236. The average molecular weight is 298 g/mol. The lowest BCUT2D eigenvalue weighted by atomic mass is 10.1. The average Bonchev–Trinajstić information content (AvgIpc) is 2.49. The molecule has 2 nitrogen and oxygen atoms in total. The van der Waals surface area contributed by atoms with Crippen molar-refractivity contribution in [1.82, 2.24) is 5.32 Å². The fourth-order valence-corrected chi connectivity index (χ4v) is 2.62. The Bertz CT molecular complexity index is 216. The van der Waals surface area contributed by atoms with Crippen LogP contribution in [-0.4, -0.2) is 12.5 Å². The van der Waals surface area contributed by atoms with Crippen LogP contribution in [0.5, 0.6) is 0 Å². The van der Waals surface area contributed by atoms with Gasteiger partial charge >= 0.3 is 0 Å². The summed E-state index contributed by atoms with van der Waals surface area (Å²) in [7, 11) is 0. The lowest BCUT2D eigenvalue weighted by Gasteiger charge is -2.05. The summed E-state index contributed by atoms with van der Waals surface area (Å²) in [6.45, 7) is 5.27. The van der Waals surface area contributed by atoms with Crippen LogP contribution in [0.1, 0.15) is 110 Å². The van der Waals surface area contributed by atoms with Crippen molar-refractivity contribution in [2.24, 2.45) is 0 Å². The molecule has 2 heteroatoms. The lowest BCUT2D eigenvalue weighted by Crippen LogP contribution is -2.23. The Morgan fingerprint density at radius 2 is 1.05 bits per heavy atom. The minimum Gasteiger partial charge on any atom is -0.356 e. The van der Waals surface area contributed by atoms with E-state index < -0.39 is 0 Å². The number of carbonyl (C=O) groups is 1. The summed E-state index contributed by atoms with van der Waals surface area (Å²) in [5.74, 6) is 0.236. The fraction of sp³-hybridized carbons (Fsp3) is 0.947. The smallest absolute Gasteiger partial charge is 0.219 e. The molecule has 0 atom stereocenters. The molecule has 0 bridgehead atoms. The summed E-state index contributed by atoms with van der Waals surface area (Å²) >= 11 is 0. The Kier molecular flexibility index (Phi) is 17.1. The van der Waals surface area contributed by atoms with Gasteiger partial charge < -0.3 is 5.32 Å². The first-order valence-electron chi connectivity index (χ1n) is 9.58. The highest BCUT2D eigenvalue weighted by atomic mass is 16.1. The first-order chi connectivity index (χ1) is 10.3. The Morgan fingerprint density at radius 3 is 1.52 bits per heavy atom. The van der Waals surface area contributed by atoms with Crippen LogP contribution in [0.4, 0.5) is 0 Å². The predicted molar refractivity (Wildman–Crippen MR) is 93.6 cm³/mol. The summed E-state index contributed by atoms with van der Waals surface area (Å²) in [4.78, 5) is 11.4. The number of nitrogens with one attached hydrogen (secondary N) is 1. The molecule has 0 unspecified atom stereocenters. The monoisotopic (exact) mass is 297 g/mol. The molecule has 0 aromatic heterocycles. The number of unbranched alkanes of at least 4 members (excludes halogenated alkanes) is 12. The van der Waals surface area contributed by atoms with Crippen LogP contribution in [-0.2, 0) is 4.79 Å². The van der Waals surface area contributed by atoms with Crippen LogP contribution >= 0.6 is 0 Å². The molecule has 0 aliphatic carbocycles. The fourth-order valence-electron chi connectivity index (χ4n) is 2.62. The number of carbonyl (C=O) groups excluding carboxylic acids is 1. The van der Waals surface area contributed by atoms with Crippen LogP contribution in [0, 0.1) is 0 Å². The quantitative estimate of drug-likeness (QED) is 0.348. The predicted octanol–water partition coefficient (Wildman–Crippen LogP) is 5.99. The van der Waals surface area contributed by atoms with Gasteiger partial charge in [0.25, 0.3) is 0 Å². The van der Waals surface area contributed by atoms with Crippen molar-refractivity contribution in [3.05, 3.63) is 0 Å². The Balaban J connectivity index is 3.04. The molecular formula is C19H39NO. The largest absolute Gasteiger partial charge is 0.356 e. The van der Waals surface area contributed by atoms with E-state index in [1.165, 1.54) is 70.6 Å². The van der Waals surface area contributed by atoms with E-state index in [0.29, 0.717) is 6.42 Å². The highest BCUT2D eigenvalue weighted by Crippen LogP contribution is 2.11. The van der Waals surface area contributed by atoms with E-state index >= 15 is 0 Å². The van der Waals surface area contributed by atoms with E-state index in [4.69, 9.17) is 0 Å².